The van der Waals surface area contributed by atoms with Gasteiger partial charge in [0.15, 0.2) is 6.61 Å². The normalized spacial score (nSPS) is 10.1. The highest BCUT2D eigenvalue weighted by atomic mass is 32.1. The number of thiocarbonyl (C=S) groups is 1. The summed E-state index contributed by atoms with van der Waals surface area (Å²) in [7, 11) is 0. The van der Waals surface area contributed by atoms with Gasteiger partial charge in [-0.2, -0.15) is 0 Å². The summed E-state index contributed by atoms with van der Waals surface area (Å²) < 4.78 is 5.49. The summed E-state index contributed by atoms with van der Waals surface area (Å²) in [6, 6.07) is 7.06. The Balaban J connectivity index is 2.66. The molecule has 0 fully saturated rings. The first-order valence-corrected chi connectivity index (χ1v) is 6.91. The molecule has 1 rings (SSSR count). The molecule has 0 spiro atoms. The first-order valence-electron chi connectivity index (χ1n) is 6.50. The van der Waals surface area contributed by atoms with Gasteiger partial charge in [-0.15, -0.1) is 0 Å². The van der Waals surface area contributed by atoms with E-state index in [1.54, 1.807) is 29.2 Å². The highest BCUT2D eigenvalue weighted by Crippen LogP contribution is 2.17. The molecule has 20 heavy (non-hydrogen) atoms. The quantitative estimate of drug-likeness (QED) is 0.698. The molecule has 1 aromatic carbocycles. The minimum Gasteiger partial charge on any atom is -0.483 e. The zero-order valence-corrected chi connectivity index (χ0v) is 12.4. The molecule has 0 aromatic heterocycles. The maximum Gasteiger partial charge on any atom is 0.260 e. The van der Waals surface area contributed by atoms with Gasteiger partial charge in [0.1, 0.15) is 10.7 Å². The van der Waals surface area contributed by atoms with E-state index in [9.17, 15) is 4.79 Å². The van der Waals surface area contributed by atoms with Gasteiger partial charge in [0, 0.05) is 13.1 Å². The summed E-state index contributed by atoms with van der Waals surface area (Å²) in [5.41, 5.74) is 6.21. The molecular formula is C14H20N2O3S. The van der Waals surface area contributed by atoms with Crippen LogP contribution in [-0.4, -0.2) is 47.2 Å². The lowest BCUT2D eigenvalue weighted by atomic mass is 10.2. The molecular weight excluding hydrogens is 276 g/mol. The fourth-order valence-corrected chi connectivity index (χ4v) is 1.95. The number of aliphatic hydroxyl groups excluding tert-OH is 1. The number of rotatable bonds is 8. The number of nitrogens with two attached hydrogens (primary N) is 1. The number of para-hydroxylation sites is 1. The second-order valence-electron chi connectivity index (χ2n) is 4.25. The number of hydrogen-bond donors (Lipinski definition) is 2. The molecule has 0 atom stereocenters. The summed E-state index contributed by atoms with van der Waals surface area (Å²) in [5.74, 6) is 0.326. The standard InChI is InChI=1S/C14H20N2O3S/c1-2-7-16(8-9-17)13(18)10-19-12-6-4-3-5-11(12)14(15)20/h3-6,17H,2,7-10H2,1H3,(H2,15,20). The van der Waals surface area contributed by atoms with Crippen LogP contribution in [0.15, 0.2) is 24.3 Å². The summed E-state index contributed by atoms with van der Waals surface area (Å²) >= 11 is 4.93. The van der Waals surface area contributed by atoms with Crippen LogP contribution in [0, 0.1) is 0 Å². The van der Waals surface area contributed by atoms with E-state index in [4.69, 9.17) is 27.8 Å². The number of carbonyl (C=O) groups is 1. The Bertz CT molecular complexity index is 459. The topological polar surface area (TPSA) is 75.8 Å². The maximum atomic E-state index is 12.0. The second-order valence-corrected chi connectivity index (χ2v) is 4.69. The van der Waals surface area contributed by atoms with E-state index in [2.05, 4.69) is 0 Å². The zero-order valence-electron chi connectivity index (χ0n) is 11.5. The van der Waals surface area contributed by atoms with Gasteiger partial charge >= 0.3 is 0 Å². The zero-order chi connectivity index (χ0) is 15.0. The third-order valence-electron chi connectivity index (χ3n) is 2.72. The van der Waals surface area contributed by atoms with Crippen LogP contribution in [-0.2, 0) is 4.79 Å². The van der Waals surface area contributed by atoms with E-state index in [0.29, 0.717) is 24.4 Å². The molecule has 0 unspecified atom stereocenters. The van der Waals surface area contributed by atoms with Gasteiger partial charge in [-0.1, -0.05) is 31.3 Å². The van der Waals surface area contributed by atoms with Crippen molar-refractivity contribution in [3.63, 3.8) is 0 Å². The predicted octanol–water partition coefficient (Wildman–Crippen LogP) is 0.930. The number of carbonyl (C=O) groups excluding carboxylic acids is 1. The van der Waals surface area contributed by atoms with Crippen molar-refractivity contribution in [1.29, 1.82) is 0 Å². The average molecular weight is 296 g/mol. The number of ether oxygens (including phenoxy) is 1. The fraction of sp³-hybridized carbons (Fsp3) is 0.429. The molecule has 0 aliphatic rings. The van der Waals surface area contributed by atoms with Crippen molar-refractivity contribution in [2.75, 3.05) is 26.3 Å². The van der Waals surface area contributed by atoms with Gasteiger partial charge in [-0.25, -0.2) is 0 Å². The number of benzene rings is 1. The number of nitrogens with zero attached hydrogens (tertiary/aromatic N) is 1. The SMILES string of the molecule is CCCN(CCO)C(=O)COc1ccccc1C(N)=S. The first kappa shape index (κ1) is 16.4. The van der Waals surface area contributed by atoms with Gasteiger partial charge in [0.05, 0.1) is 12.2 Å². The molecule has 0 bridgehead atoms. The molecule has 0 heterocycles. The van der Waals surface area contributed by atoms with Crippen molar-refractivity contribution >= 4 is 23.1 Å². The van der Waals surface area contributed by atoms with E-state index >= 15 is 0 Å². The number of hydrogen-bond acceptors (Lipinski definition) is 4. The Morgan fingerprint density at radius 3 is 2.70 bits per heavy atom. The van der Waals surface area contributed by atoms with Crippen molar-refractivity contribution in [2.24, 2.45) is 5.73 Å². The first-order chi connectivity index (χ1) is 9.60. The van der Waals surface area contributed by atoms with Crippen LogP contribution in [0.4, 0.5) is 0 Å². The summed E-state index contributed by atoms with van der Waals surface area (Å²) in [4.78, 5) is 13.8. The molecule has 0 saturated heterocycles. The van der Waals surface area contributed by atoms with Crippen LogP contribution in [0.25, 0.3) is 0 Å². The van der Waals surface area contributed by atoms with Crippen LogP contribution < -0.4 is 10.5 Å². The van der Waals surface area contributed by atoms with Crippen molar-refractivity contribution in [1.82, 2.24) is 4.90 Å². The summed E-state index contributed by atoms with van der Waals surface area (Å²) in [5, 5.41) is 8.95. The highest BCUT2D eigenvalue weighted by Gasteiger charge is 2.14. The maximum absolute atomic E-state index is 12.0. The Hall–Kier alpha value is -1.66. The molecule has 0 saturated carbocycles. The van der Waals surface area contributed by atoms with Crippen LogP contribution in [0.3, 0.4) is 0 Å². The van der Waals surface area contributed by atoms with E-state index in [1.807, 2.05) is 6.92 Å². The molecule has 0 aliphatic carbocycles. The van der Waals surface area contributed by atoms with Crippen molar-refractivity contribution < 1.29 is 14.6 Å². The fourth-order valence-electron chi connectivity index (χ4n) is 1.78. The second kappa shape index (κ2) is 8.50. The Morgan fingerprint density at radius 1 is 1.40 bits per heavy atom. The molecule has 0 aliphatic heterocycles. The van der Waals surface area contributed by atoms with Crippen LogP contribution >= 0.6 is 12.2 Å². The minimum atomic E-state index is -0.168. The summed E-state index contributed by atoms with van der Waals surface area (Å²) in [6.07, 6.45) is 0.829. The molecule has 5 nitrogen and oxygen atoms in total. The van der Waals surface area contributed by atoms with Crippen molar-refractivity contribution in [3.8, 4) is 5.75 Å². The monoisotopic (exact) mass is 296 g/mol. The van der Waals surface area contributed by atoms with E-state index in [-0.39, 0.29) is 24.1 Å². The lowest BCUT2D eigenvalue weighted by molar-refractivity contribution is -0.133. The van der Waals surface area contributed by atoms with Crippen LogP contribution in [0.5, 0.6) is 5.75 Å². The average Bonchev–Trinajstić information content (AvgIpc) is 2.44. The van der Waals surface area contributed by atoms with Gasteiger partial charge in [0.2, 0.25) is 0 Å². The molecule has 1 amide bonds. The molecule has 0 radical (unpaired) electrons. The van der Waals surface area contributed by atoms with Gasteiger partial charge in [-0.05, 0) is 18.6 Å². The molecule has 110 valence electrons. The van der Waals surface area contributed by atoms with Crippen molar-refractivity contribution in [2.45, 2.75) is 13.3 Å². The van der Waals surface area contributed by atoms with Crippen LogP contribution in [0.2, 0.25) is 0 Å². The largest absolute Gasteiger partial charge is 0.483 e. The van der Waals surface area contributed by atoms with Gasteiger partial charge in [-0.3, -0.25) is 4.79 Å². The van der Waals surface area contributed by atoms with E-state index in [1.165, 1.54) is 0 Å². The van der Waals surface area contributed by atoms with E-state index in [0.717, 1.165) is 6.42 Å². The third kappa shape index (κ3) is 4.79. The highest BCUT2D eigenvalue weighted by molar-refractivity contribution is 7.80. The van der Waals surface area contributed by atoms with E-state index < -0.39 is 0 Å². The third-order valence-corrected chi connectivity index (χ3v) is 2.94. The smallest absolute Gasteiger partial charge is 0.260 e. The predicted molar refractivity (Wildman–Crippen MR) is 81.8 cm³/mol. The lowest BCUT2D eigenvalue weighted by Crippen LogP contribution is -2.37. The summed E-state index contributed by atoms with van der Waals surface area (Å²) in [6.45, 7) is 2.72. The molecule has 6 heteroatoms. The van der Waals surface area contributed by atoms with Gasteiger partial charge < -0.3 is 20.5 Å². The number of amides is 1. The van der Waals surface area contributed by atoms with Crippen molar-refractivity contribution in [3.05, 3.63) is 29.8 Å². The molecule has 1 aromatic rings. The Morgan fingerprint density at radius 2 is 2.10 bits per heavy atom. The molecule has 3 N–H and O–H groups in total. The lowest BCUT2D eigenvalue weighted by Gasteiger charge is -2.21. The van der Waals surface area contributed by atoms with Crippen LogP contribution in [0.1, 0.15) is 18.9 Å². The minimum absolute atomic E-state index is 0.0603. The Kier molecular flexibility index (Phi) is 6.97. The van der Waals surface area contributed by atoms with Gasteiger partial charge in [0.25, 0.3) is 5.91 Å². The Labute approximate surface area is 124 Å². The number of aliphatic hydroxyl groups is 1.